The van der Waals surface area contributed by atoms with E-state index in [1.807, 2.05) is 0 Å². The molecule has 1 aromatic carbocycles. The molecule has 4 rings (SSSR count). The third-order valence-corrected chi connectivity index (χ3v) is 7.04. The van der Waals surface area contributed by atoms with Crippen molar-refractivity contribution in [1.29, 1.82) is 0 Å². The predicted molar refractivity (Wildman–Crippen MR) is 112 cm³/mol. The Morgan fingerprint density at radius 2 is 1.87 bits per heavy atom. The van der Waals surface area contributed by atoms with Crippen molar-refractivity contribution in [2.45, 2.75) is 36.5 Å². The highest BCUT2D eigenvalue weighted by molar-refractivity contribution is 7.90. The van der Waals surface area contributed by atoms with Gasteiger partial charge in [0.15, 0.2) is 21.4 Å². The van der Waals surface area contributed by atoms with Crippen LogP contribution in [0.2, 0.25) is 0 Å². The van der Waals surface area contributed by atoms with E-state index in [4.69, 9.17) is 4.42 Å². The van der Waals surface area contributed by atoms with Gasteiger partial charge < -0.3 is 14.2 Å². The van der Waals surface area contributed by atoms with Crippen LogP contribution >= 0.6 is 0 Å². The van der Waals surface area contributed by atoms with Gasteiger partial charge in [0.25, 0.3) is 11.6 Å². The zero-order chi connectivity index (χ0) is 22.2. The molecule has 1 aromatic heterocycles. The van der Waals surface area contributed by atoms with Crippen LogP contribution in [0.15, 0.2) is 33.8 Å². The molecule has 0 atom stereocenters. The summed E-state index contributed by atoms with van der Waals surface area (Å²) in [6.07, 6.45) is 6.79. The number of oxazole rings is 1. The molecule has 1 saturated heterocycles. The molecule has 1 saturated carbocycles. The molecule has 31 heavy (non-hydrogen) atoms. The van der Waals surface area contributed by atoms with Gasteiger partial charge in [-0.1, -0.05) is 12.8 Å². The summed E-state index contributed by atoms with van der Waals surface area (Å²) in [5.41, 5.74) is 0.369. The average Bonchev–Trinajstić information content (AvgIpc) is 3.44. The van der Waals surface area contributed by atoms with Crippen molar-refractivity contribution in [3.63, 3.8) is 0 Å². The molecule has 11 heteroatoms. The minimum absolute atomic E-state index is 0.0964. The minimum Gasteiger partial charge on any atom is -0.448 e. The van der Waals surface area contributed by atoms with Gasteiger partial charge in [-0.2, -0.15) is 0 Å². The maximum absolute atomic E-state index is 12.8. The van der Waals surface area contributed by atoms with Crippen molar-refractivity contribution in [2.24, 2.45) is 0 Å². The molecule has 1 aliphatic heterocycles. The monoisotopic (exact) mass is 448 g/mol. The lowest BCUT2D eigenvalue weighted by Crippen LogP contribution is -2.49. The van der Waals surface area contributed by atoms with Crippen molar-refractivity contribution in [3.8, 4) is 0 Å². The lowest BCUT2D eigenvalue weighted by Gasteiger charge is -2.35. The number of anilines is 1. The Labute approximate surface area is 179 Å². The number of nitro benzene ring substituents is 1. The third kappa shape index (κ3) is 4.41. The molecule has 0 unspecified atom stereocenters. The van der Waals surface area contributed by atoms with Crippen molar-refractivity contribution in [1.82, 2.24) is 9.88 Å². The summed E-state index contributed by atoms with van der Waals surface area (Å²) >= 11 is 0. The fourth-order valence-corrected chi connectivity index (χ4v) is 4.85. The Bertz CT molecular complexity index is 1100. The number of benzene rings is 1. The lowest BCUT2D eigenvalue weighted by molar-refractivity contribution is -0.384. The molecule has 166 valence electrons. The number of aromatic nitrogens is 1. The van der Waals surface area contributed by atoms with Crippen LogP contribution in [0.4, 0.5) is 11.4 Å². The SMILES string of the molecule is CS(=O)(=O)c1ccc(N2CCN(C(=O)c3coc(C4CCCC4)n3)CC2)c([N+](=O)[O-])c1. The number of rotatable bonds is 5. The Morgan fingerprint density at radius 1 is 1.19 bits per heavy atom. The van der Waals surface area contributed by atoms with E-state index in [0.29, 0.717) is 43.5 Å². The molecule has 10 nitrogen and oxygen atoms in total. The van der Waals surface area contributed by atoms with Crippen LogP contribution in [0.3, 0.4) is 0 Å². The molecule has 1 amide bonds. The van der Waals surface area contributed by atoms with Crippen molar-refractivity contribution >= 4 is 27.1 Å². The van der Waals surface area contributed by atoms with Crippen LogP contribution in [0.25, 0.3) is 0 Å². The first kappa shape index (κ1) is 21.3. The third-order valence-electron chi connectivity index (χ3n) is 5.92. The molecule has 2 heterocycles. The number of carbonyl (C=O) groups excluding carboxylic acids is 1. The lowest BCUT2D eigenvalue weighted by atomic mass is 10.1. The topological polar surface area (TPSA) is 127 Å². The largest absolute Gasteiger partial charge is 0.448 e. The van der Waals surface area contributed by atoms with Crippen LogP contribution in [0.1, 0.15) is 48.0 Å². The molecule has 2 fully saturated rings. The standard InChI is InChI=1S/C20H24N4O6S/c1-31(28,29)15-6-7-17(18(12-15)24(26)27)22-8-10-23(11-9-22)20(25)16-13-30-19(21-16)14-4-2-3-5-14/h6-7,12-14H,2-5,8-11H2,1H3. The minimum atomic E-state index is -3.55. The second-order valence-electron chi connectivity index (χ2n) is 8.01. The van der Waals surface area contributed by atoms with Crippen LogP contribution < -0.4 is 4.90 Å². The second-order valence-corrected chi connectivity index (χ2v) is 10.0. The number of carbonyl (C=O) groups is 1. The Morgan fingerprint density at radius 3 is 2.48 bits per heavy atom. The highest BCUT2D eigenvalue weighted by Gasteiger charge is 2.30. The zero-order valence-corrected chi connectivity index (χ0v) is 18.0. The first-order valence-corrected chi connectivity index (χ1v) is 12.1. The zero-order valence-electron chi connectivity index (χ0n) is 17.2. The molecule has 2 aliphatic rings. The van der Waals surface area contributed by atoms with E-state index in [0.717, 1.165) is 38.0 Å². The summed E-state index contributed by atoms with van der Waals surface area (Å²) in [6.45, 7) is 1.52. The maximum Gasteiger partial charge on any atom is 0.293 e. The number of piperazine rings is 1. The Kier molecular flexibility index (Phi) is 5.69. The van der Waals surface area contributed by atoms with Gasteiger partial charge in [-0.05, 0) is 25.0 Å². The smallest absolute Gasteiger partial charge is 0.293 e. The molecule has 2 aromatic rings. The molecule has 1 aliphatic carbocycles. The van der Waals surface area contributed by atoms with E-state index < -0.39 is 14.8 Å². The number of nitro groups is 1. The van der Waals surface area contributed by atoms with E-state index >= 15 is 0 Å². The summed E-state index contributed by atoms with van der Waals surface area (Å²) in [7, 11) is -3.55. The van der Waals surface area contributed by atoms with Crippen LogP contribution in [-0.4, -0.2) is 61.6 Å². The van der Waals surface area contributed by atoms with E-state index in [2.05, 4.69) is 4.98 Å². The number of hydrogen-bond donors (Lipinski definition) is 0. The summed E-state index contributed by atoms with van der Waals surface area (Å²) in [6, 6.07) is 3.91. The van der Waals surface area contributed by atoms with Gasteiger partial charge in [0.05, 0.1) is 9.82 Å². The maximum atomic E-state index is 12.8. The van der Waals surface area contributed by atoms with Gasteiger partial charge in [0.2, 0.25) is 0 Å². The quantitative estimate of drug-likeness (QED) is 0.504. The normalized spacial score (nSPS) is 17.8. The van der Waals surface area contributed by atoms with E-state index in [9.17, 15) is 23.3 Å². The van der Waals surface area contributed by atoms with Gasteiger partial charge in [0, 0.05) is 44.4 Å². The Balaban J connectivity index is 1.45. The van der Waals surface area contributed by atoms with Crippen molar-refractivity contribution < 1.29 is 22.6 Å². The molecule has 0 bridgehead atoms. The average molecular weight is 449 g/mol. The molecular formula is C20H24N4O6S. The van der Waals surface area contributed by atoms with Crippen molar-refractivity contribution in [3.05, 3.63) is 46.2 Å². The van der Waals surface area contributed by atoms with E-state index in [1.165, 1.54) is 18.4 Å². The molecular weight excluding hydrogens is 424 g/mol. The van der Waals surface area contributed by atoms with Gasteiger partial charge in [-0.25, -0.2) is 13.4 Å². The summed E-state index contributed by atoms with van der Waals surface area (Å²) in [5.74, 6) is 0.699. The molecule has 0 radical (unpaired) electrons. The highest BCUT2D eigenvalue weighted by Crippen LogP contribution is 2.34. The molecule has 0 spiro atoms. The number of amides is 1. The van der Waals surface area contributed by atoms with Crippen LogP contribution in [0.5, 0.6) is 0 Å². The fraction of sp³-hybridized carbons (Fsp3) is 0.500. The fourth-order valence-electron chi connectivity index (χ4n) is 4.21. The second kappa shape index (κ2) is 8.29. The molecule has 0 N–H and O–H groups in total. The first-order valence-electron chi connectivity index (χ1n) is 10.2. The Hall–Kier alpha value is -2.95. The van der Waals surface area contributed by atoms with E-state index in [1.54, 1.807) is 9.80 Å². The van der Waals surface area contributed by atoms with E-state index in [-0.39, 0.29) is 22.4 Å². The number of nitrogens with zero attached hydrogens (tertiary/aromatic N) is 4. The van der Waals surface area contributed by atoms with Gasteiger partial charge in [-0.15, -0.1) is 0 Å². The summed E-state index contributed by atoms with van der Waals surface area (Å²) < 4.78 is 29.0. The van der Waals surface area contributed by atoms with Crippen LogP contribution in [-0.2, 0) is 9.84 Å². The van der Waals surface area contributed by atoms with Gasteiger partial charge in [-0.3, -0.25) is 14.9 Å². The van der Waals surface area contributed by atoms with Crippen molar-refractivity contribution in [2.75, 3.05) is 37.3 Å². The number of hydrogen-bond acceptors (Lipinski definition) is 8. The van der Waals surface area contributed by atoms with Gasteiger partial charge in [0.1, 0.15) is 12.0 Å². The highest BCUT2D eigenvalue weighted by atomic mass is 32.2. The predicted octanol–water partition coefficient (Wildman–Crippen LogP) is 2.61. The van der Waals surface area contributed by atoms with Gasteiger partial charge >= 0.3 is 0 Å². The van der Waals surface area contributed by atoms with Crippen LogP contribution in [0, 0.1) is 10.1 Å². The number of sulfone groups is 1. The summed E-state index contributed by atoms with van der Waals surface area (Å²) in [4.78, 5) is 31.5. The summed E-state index contributed by atoms with van der Waals surface area (Å²) in [5, 5.41) is 11.5. The first-order chi connectivity index (χ1) is 14.7.